The molecule has 0 amide bonds. The number of carbonyl (C=O) groups excluding carboxylic acids is 1. The van der Waals surface area contributed by atoms with Crippen molar-refractivity contribution in [3.05, 3.63) is 38.7 Å². The number of ketones is 1. The molecule has 1 unspecified atom stereocenters. The van der Waals surface area contributed by atoms with Crippen molar-refractivity contribution in [1.82, 2.24) is 0 Å². The number of fused-ring (bicyclic) bond motifs is 1. The highest BCUT2D eigenvalue weighted by atomic mass is 79.9. The Balaban J connectivity index is 2.48. The number of carbonyl (C=O) groups is 1. The van der Waals surface area contributed by atoms with Gasteiger partial charge in [-0.2, -0.15) is 4.91 Å². The van der Waals surface area contributed by atoms with E-state index in [2.05, 4.69) is 21.1 Å². The molecule has 4 heteroatoms. The maximum Gasteiger partial charge on any atom is 0.191 e. The number of nitrogens with zero attached hydrogens (tertiary/aromatic N) is 1. The lowest BCUT2D eigenvalue weighted by atomic mass is 10.0. The molecule has 1 aliphatic rings. The molecular weight excluding hydrogens is 258 g/mol. The zero-order valence-corrected chi connectivity index (χ0v) is 9.66. The lowest BCUT2D eigenvalue weighted by molar-refractivity contribution is 0.0960. The van der Waals surface area contributed by atoms with E-state index < -0.39 is 6.04 Å². The SMILES string of the molecule is O=NC1CCCc2ccc(Br)cc2C1=O. The van der Waals surface area contributed by atoms with E-state index in [0.29, 0.717) is 12.0 Å². The van der Waals surface area contributed by atoms with Crippen LogP contribution in [0.4, 0.5) is 0 Å². The molecule has 0 heterocycles. The van der Waals surface area contributed by atoms with E-state index in [9.17, 15) is 9.70 Å². The lowest BCUT2D eigenvalue weighted by Gasteiger charge is -2.06. The summed E-state index contributed by atoms with van der Waals surface area (Å²) in [6.45, 7) is 0. The Labute approximate surface area is 96.0 Å². The van der Waals surface area contributed by atoms with Crippen molar-refractivity contribution in [1.29, 1.82) is 0 Å². The number of aryl methyl sites for hydroxylation is 1. The monoisotopic (exact) mass is 267 g/mol. The van der Waals surface area contributed by atoms with Crippen LogP contribution in [0, 0.1) is 4.91 Å². The minimum Gasteiger partial charge on any atom is -0.292 e. The molecule has 0 saturated carbocycles. The molecular formula is C11H10BrNO2. The molecule has 15 heavy (non-hydrogen) atoms. The highest BCUT2D eigenvalue weighted by Gasteiger charge is 2.26. The van der Waals surface area contributed by atoms with Gasteiger partial charge in [-0.25, -0.2) is 0 Å². The number of nitroso groups, excluding NO2 is 1. The standard InChI is InChI=1S/C11H10BrNO2/c12-8-5-4-7-2-1-3-10(13-15)11(14)9(7)6-8/h4-6,10H,1-3H2. The van der Waals surface area contributed by atoms with Gasteiger partial charge in [0.15, 0.2) is 11.8 Å². The van der Waals surface area contributed by atoms with Gasteiger partial charge in [-0.1, -0.05) is 27.2 Å². The van der Waals surface area contributed by atoms with Crippen LogP contribution in [-0.4, -0.2) is 11.8 Å². The van der Waals surface area contributed by atoms with E-state index in [-0.39, 0.29) is 5.78 Å². The summed E-state index contributed by atoms with van der Waals surface area (Å²) in [7, 11) is 0. The van der Waals surface area contributed by atoms with Crippen molar-refractivity contribution in [2.45, 2.75) is 25.3 Å². The fraction of sp³-hybridized carbons (Fsp3) is 0.364. The molecule has 1 atom stereocenters. The van der Waals surface area contributed by atoms with E-state index in [1.54, 1.807) is 6.07 Å². The van der Waals surface area contributed by atoms with Crippen LogP contribution in [0.5, 0.6) is 0 Å². The van der Waals surface area contributed by atoms with Crippen molar-refractivity contribution < 1.29 is 4.79 Å². The number of rotatable bonds is 1. The number of halogens is 1. The molecule has 2 rings (SSSR count). The van der Waals surface area contributed by atoms with Crippen LogP contribution in [0.3, 0.4) is 0 Å². The predicted octanol–water partition coefficient (Wildman–Crippen LogP) is 3.10. The maximum absolute atomic E-state index is 11.9. The minimum atomic E-state index is -0.694. The molecule has 1 aromatic carbocycles. The molecule has 1 aliphatic carbocycles. The molecule has 0 radical (unpaired) electrons. The summed E-state index contributed by atoms with van der Waals surface area (Å²) in [6, 6.07) is 4.94. The second-order valence-electron chi connectivity index (χ2n) is 3.68. The quantitative estimate of drug-likeness (QED) is 0.580. The first-order valence-corrected chi connectivity index (χ1v) is 5.67. The van der Waals surface area contributed by atoms with E-state index in [0.717, 1.165) is 22.9 Å². The normalized spacial score (nSPS) is 20.6. The van der Waals surface area contributed by atoms with Crippen LogP contribution in [0.2, 0.25) is 0 Å². The summed E-state index contributed by atoms with van der Waals surface area (Å²) >= 11 is 3.32. The first kappa shape index (κ1) is 10.5. The van der Waals surface area contributed by atoms with E-state index in [4.69, 9.17) is 0 Å². The minimum absolute atomic E-state index is 0.140. The van der Waals surface area contributed by atoms with Gasteiger partial charge in [0.1, 0.15) is 0 Å². The van der Waals surface area contributed by atoms with Gasteiger partial charge in [-0.15, -0.1) is 0 Å². The van der Waals surface area contributed by atoms with Crippen molar-refractivity contribution in [3.63, 3.8) is 0 Å². The summed E-state index contributed by atoms with van der Waals surface area (Å²) in [5, 5.41) is 2.90. The third-order valence-electron chi connectivity index (χ3n) is 2.69. The van der Waals surface area contributed by atoms with E-state index in [1.807, 2.05) is 12.1 Å². The van der Waals surface area contributed by atoms with Gasteiger partial charge in [0.05, 0.1) is 0 Å². The third-order valence-corrected chi connectivity index (χ3v) is 3.18. The molecule has 78 valence electrons. The predicted molar refractivity (Wildman–Crippen MR) is 61.0 cm³/mol. The summed E-state index contributed by atoms with van der Waals surface area (Å²) in [4.78, 5) is 22.4. The van der Waals surface area contributed by atoms with Crippen molar-refractivity contribution in [3.8, 4) is 0 Å². The molecule has 3 nitrogen and oxygen atoms in total. The van der Waals surface area contributed by atoms with Crippen LogP contribution in [0.15, 0.2) is 27.8 Å². The average molecular weight is 268 g/mol. The first-order chi connectivity index (χ1) is 7.22. The Morgan fingerprint density at radius 3 is 2.93 bits per heavy atom. The van der Waals surface area contributed by atoms with Gasteiger partial charge in [-0.05, 0) is 37.0 Å². The molecule has 0 fully saturated rings. The van der Waals surface area contributed by atoms with Gasteiger partial charge in [0.2, 0.25) is 0 Å². The number of benzene rings is 1. The van der Waals surface area contributed by atoms with Crippen molar-refractivity contribution in [2.24, 2.45) is 5.18 Å². The number of Topliss-reactive ketones (excluding diaryl/α,β-unsaturated/α-hetero) is 1. The van der Waals surface area contributed by atoms with E-state index in [1.165, 1.54) is 0 Å². The number of hydrogen-bond donors (Lipinski definition) is 0. The van der Waals surface area contributed by atoms with Crippen LogP contribution in [0.1, 0.15) is 28.8 Å². The highest BCUT2D eigenvalue weighted by molar-refractivity contribution is 9.10. The second kappa shape index (κ2) is 4.23. The van der Waals surface area contributed by atoms with Crippen LogP contribution in [-0.2, 0) is 6.42 Å². The fourth-order valence-corrected chi connectivity index (χ4v) is 2.25. The Morgan fingerprint density at radius 2 is 2.20 bits per heavy atom. The molecule has 0 aliphatic heterocycles. The Kier molecular flexibility index (Phi) is 2.95. The average Bonchev–Trinajstić information content (AvgIpc) is 2.39. The first-order valence-electron chi connectivity index (χ1n) is 4.87. The molecule has 0 saturated heterocycles. The van der Waals surface area contributed by atoms with Crippen molar-refractivity contribution in [2.75, 3.05) is 0 Å². The summed E-state index contributed by atoms with van der Waals surface area (Å²) in [6.07, 6.45) is 2.26. The summed E-state index contributed by atoms with van der Waals surface area (Å²) < 4.78 is 0.862. The van der Waals surface area contributed by atoms with Crippen LogP contribution in [0.25, 0.3) is 0 Å². The molecule has 0 N–H and O–H groups in total. The summed E-state index contributed by atoms with van der Waals surface area (Å²) in [5.41, 5.74) is 1.67. The largest absolute Gasteiger partial charge is 0.292 e. The smallest absolute Gasteiger partial charge is 0.191 e. The lowest BCUT2D eigenvalue weighted by Crippen LogP contribution is -2.17. The van der Waals surface area contributed by atoms with Gasteiger partial charge in [0, 0.05) is 10.0 Å². The molecule has 0 bridgehead atoms. The topological polar surface area (TPSA) is 46.5 Å². The van der Waals surface area contributed by atoms with Gasteiger partial charge in [-0.3, -0.25) is 4.79 Å². The zero-order chi connectivity index (χ0) is 10.8. The maximum atomic E-state index is 11.9. The van der Waals surface area contributed by atoms with Crippen LogP contribution >= 0.6 is 15.9 Å². The van der Waals surface area contributed by atoms with Crippen LogP contribution < -0.4 is 0 Å². The molecule has 1 aromatic rings. The van der Waals surface area contributed by atoms with Gasteiger partial charge in [0.25, 0.3) is 0 Å². The fourth-order valence-electron chi connectivity index (χ4n) is 1.89. The Hall–Kier alpha value is -1.03. The van der Waals surface area contributed by atoms with Gasteiger partial charge >= 0.3 is 0 Å². The Morgan fingerprint density at radius 1 is 1.40 bits per heavy atom. The third kappa shape index (κ3) is 2.00. The van der Waals surface area contributed by atoms with Gasteiger partial charge < -0.3 is 0 Å². The molecule has 0 aromatic heterocycles. The summed E-state index contributed by atoms with van der Waals surface area (Å²) in [5.74, 6) is -0.140. The van der Waals surface area contributed by atoms with Crippen molar-refractivity contribution >= 4 is 21.7 Å². The zero-order valence-electron chi connectivity index (χ0n) is 8.07. The van der Waals surface area contributed by atoms with E-state index >= 15 is 0 Å². The Bertz CT molecular complexity index is 417. The highest BCUT2D eigenvalue weighted by Crippen LogP contribution is 2.25. The molecule has 0 spiro atoms. The number of hydrogen-bond acceptors (Lipinski definition) is 3. The second-order valence-corrected chi connectivity index (χ2v) is 4.59.